The number of anilines is 1. The fraction of sp³-hybridized carbons (Fsp3) is 0.120. The minimum atomic E-state index is -0.745. The maximum Gasteiger partial charge on any atom is 0.343 e. The van der Waals surface area contributed by atoms with Gasteiger partial charge in [0, 0.05) is 17.7 Å². The molecule has 4 aromatic rings. The van der Waals surface area contributed by atoms with Crippen molar-refractivity contribution in [3.63, 3.8) is 0 Å². The highest BCUT2D eigenvalue weighted by molar-refractivity contribution is 5.87. The summed E-state index contributed by atoms with van der Waals surface area (Å²) in [6, 6.07) is 18.9. The Morgan fingerprint density at radius 1 is 1.03 bits per heavy atom. The summed E-state index contributed by atoms with van der Waals surface area (Å²) in [6.07, 6.45) is 0.161. The first-order valence-corrected chi connectivity index (χ1v) is 10.8. The number of fused-ring (bicyclic) bond motifs is 1. The molecule has 1 aromatic heterocycles. The van der Waals surface area contributed by atoms with Gasteiger partial charge in [0.25, 0.3) is 5.69 Å². The zero-order valence-electron chi connectivity index (χ0n) is 19.0. The van der Waals surface area contributed by atoms with Gasteiger partial charge in [0.2, 0.25) is 0 Å². The highest BCUT2D eigenvalue weighted by Gasteiger charge is 2.26. The Morgan fingerprint density at radius 3 is 2.42 bits per heavy atom. The standard InChI is InChI=1S/C25H20N4O7/c1-15(26-27-20-12-11-17(28(32)33)14-21(20)29(34)35)13-19(16-7-3-2-4-8-16)23-24(30)18-9-5-6-10-22(18)36-25(23)31/h2-12,14,19,27,30H,13H2,1H3/b26-15-/t19-/m1/s1. The Kier molecular flexibility index (Phi) is 6.72. The molecule has 0 bridgehead atoms. The molecule has 0 spiro atoms. The molecule has 0 aliphatic carbocycles. The fourth-order valence-electron chi connectivity index (χ4n) is 3.90. The summed E-state index contributed by atoms with van der Waals surface area (Å²) in [5.74, 6) is -0.827. The number of hydrogen-bond acceptors (Lipinski definition) is 9. The van der Waals surface area contributed by atoms with Crippen molar-refractivity contribution in [2.75, 3.05) is 5.43 Å². The number of nitrogens with one attached hydrogen (secondary N) is 1. The van der Waals surface area contributed by atoms with Crippen LogP contribution in [-0.4, -0.2) is 20.7 Å². The maximum absolute atomic E-state index is 12.9. The first-order valence-electron chi connectivity index (χ1n) is 10.8. The third-order valence-electron chi connectivity index (χ3n) is 5.63. The van der Waals surface area contributed by atoms with Crippen molar-refractivity contribution < 1.29 is 19.4 Å². The van der Waals surface area contributed by atoms with E-state index in [1.807, 2.05) is 6.07 Å². The van der Waals surface area contributed by atoms with Gasteiger partial charge >= 0.3 is 11.3 Å². The summed E-state index contributed by atoms with van der Waals surface area (Å²) in [6.45, 7) is 1.65. The summed E-state index contributed by atoms with van der Waals surface area (Å²) in [5.41, 5.74) is 2.44. The number of hydrazone groups is 1. The predicted molar refractivity (Wildman–Crippen MR) is 134 cm³/mol. The zero-order chi connectivity index (χ0) is 25.8. The summed E-state index contributed by atoms with van der Waals surface area (Å²) in [7, 11) is 0. The molecule has 11 nitrogen and oxygen atoms in total. The third-order valence-corrected chi connectivity index (χ3v) is 5.63. The van der Waals surface area contributed by atoms with E-state index >= 15 is 0 Å². The van der Waals surface area contributed by atoms with Gasteiger partial charge in [-0.25, -0.2) is 4.79 Å². The molecule has 1 heterocycles. The molecule has 1 atom stereocenters. The van der Waals surface area contributed by atoms with Gasteiger partial charge in [0.1, 0.15) is 17.0 Å². The Morgan fingerprint density at radius 2 is 1.72 bits per heavy atom. The van der Waals surface area contributed by atoms with Gasteiger partial charge in [0.05, 0.1) is 26.9 Å². The number of hydrogen-bond donors (Lipinski definition) is 2. The normalized spacial score (nSPS) is 12.3. The SMILES string of the molecule is C/C(C[C@H](c1ccccc1)c1c(O)c2ccccc2oc1=O)=N/Nc1ccc([N+](=O)[O-])cc1[N+](=O)[O-]. The minimum absolute atomic E-state index is 0.0331. The highest BCUT2D eigenvalue weighted by atomic mass is 16.6. The topological polar surface area (TPSA) is 161 Å². The van der Waals surface area contributed by atoms with Crippen molar-refractivity contribution in [3.8, 4) is 5.75 Å². The monoisotopic (exact) mass is 488 g/mol. The molecule has 2 N–H and O–H groups in total. The first kappa shape index (κ1) is 24.1. The van der Waals surface area contributed by atoms with Gasteiger partial charge in [-0.05, 0) is 37.1 Å². The van der Waals surface area contributed by atoms with Gasteiger partial charge in [-0.3, -0.25) is 25.7 Å². The largest absolute Gasteiger partial charge is 0.507 e. The number of nitro groups is 2. The number of aromatic hydroxyl groups is 1. The highest BCUT2D eigenvalue weighted by Crippen LogP contribution is 2.36. The lowest BCUT2D eigenvalue weighted by Crippen LogP contribution is -2.17. The van der Waals surface area contributed by atoms with E-state index in [0.29, 0.717) is 11.1 Å². The van der Waals surface area contributed by atoms with Crippen molar-refractivity contribution in [1.29, 1.82) is 0 Å². The number of nitro benzene ring substituents is 2. The molecule has 182 valence electrons. The fourth-order valence-corrected chi connectivity index (χ4v) is 3.90. The lowest BCUT2D eigenvalue weighted by Gasteiger charge is -2.18. The van der Waals surface area contributed by atoms with E-state index in [4.69, 9.17) is 4.42 Å². The zero-order valence-corrected chi connectivity index (χ0v) is 19.0. The minimum Gasteiger partial charge on any atom is -0.507 e. The molecule has 0 saturated carbocycles. The molecule has 3 aromatic carbocycles. The summed E-state index contributed by atoms with van der Waals surface area (Å²) < 4.78 is 5.46. The molecule has 0 fully saturated rings. The van der Waals surface area contributed by atoms with Gasteiger partial charge in [-0.2, -0.15) is 5.10 Å². The molecule has 0 radical (unpaired) electrons. The van der Waals surface area contributed by atoms with E-state index in [1.165, 1.54) is 6.07 Å². The Bertz CT molecular complexity index is 1550. The van der Waals surface area contributed by atoms with Crippen molar-refractivity contribution in [2.24, 2.45) is 5.10 Å². The smallest absolute Gasteiger partial charge is 0.343 e. The lowest BCUT2D eigenvalue weighted by atomic mass is 9.87. The molecule has 0 aliphatic heterocycles. The Labute approximate surface area is 203 Å². The van der Waals surface area contributed by atoms with Crippen molar-refractivity contribution in [1.82, 2.24) is 0 Å². The molecule has 4 rings (SSSR count). The quantitative estimate of drug-likeness (QED) is 0.146. The van der Waals surface area contributed by atoms with Crippen LogP contribution in [0.25, 0.3) is 11.0 Å². The molecule has 0 unspecified atom stereocenters. The predicted octanol–water partition coefficient (Wildman–Crippen LogP) is 5.33. The van der Waals surface area contributed by atoms with Crippen LogP contribution in [0.4, 0.5) is 17.1 Å². The van der Waals surface area contributed by atoms with Crippen LogP contribution in [0.1, 0.15) is 30.4 Å². The second-order valence-corrected chi connectivity index (χ2v) is 7.99. The van der Waals surface area contributed by atoms with Crippen molar-refractivity contribution >= 4 is 33.7 Å². The van der Waals surface area contributed by atoms with Gasteiger partial charge in [-0.15, -0.1) is 0 Å². The van der Waals surface area contributed by atoms with E-state index in [9.17, 15) is 30.1 Å². The molecular formula is C25H20N4O7. The number of non-ortho nitro benzene ring substituents is 1. The molecule has 0 aliphatic rings. The van der Waals surface area contributed by atoms with Crippen LogP contribution in [-0.2, 0) is 0 Å². The first-order chi connectivity index (χ1) is 17.3. The molecular weight excluding hydrogens is 468 g/mol. The number of rotatable bonds is 8. The van der Waals surface area contributed by atoms with Gasteiger partial charge in [0.15, 0.2) is 0 Å². The van der Waals surface area contributed by atoms with E-state index in [0.717, 1.165) is 17.7 Å². The van der Waals surface area contributed by atoms with Crippen molar-refractivity contribution in [3.05, 3.63) is 115 Å². The van der Waals surface area contributed by atoms with Gasteiger partial charge in [-0.1, -0.05) is 42.5 Å². The molecule has 0 amide bonds. The summed E-state index contributed by atoms with van der Waals surface area (Å²) in [5, 5.41) is 38.0. The second kappa shape index (κ2) is 10.1. The van der Waals surface area contributed by atoms with E-state index < -0.39 is 32.8 Å². The molecule has 11 heteroatoms. The van der Waals surface area contributed by atoms with Crippen molar-refractivity contribution in [2.45, 2.75) is 19.3 Å². The van der Waals surface area contributed by atoms with Crippen LogP contribution in [0, 0.1) is 20.2 Å². The number of nitrogens with zero attached hydrogens (tertiary/aromatic N) is 3. The molecule has 0 saturated heterocycles. The Balaban J connectivity index is 1.71. The summed E-state index contributed by atoms with van der Waals surface area (Å²) in [4.78, 5) is 33.8. The van der Waals surface area contributed by atoms with Crippen LogP contribution in [0.5, 0.6) is 5.75 Å². The number of para-hydroxylation sites is 1. The van der Waals surface area contributed by atoms with Crippen LogP contribution in [0.15, 0.2) is 87.1 Å². The van der Waals surface area contributed by atoms with Crippen LogP contribution < -0.4 is 11.1 Å². The van der Waals surface area contributed by atoms with Crippen LogP contribution in [0.2, 0.25) is 0 Å². The van der Waals surface area contributed by atoms with E-state index in [-0.39, 0.29) is 29.0 Å². The third kappa shape index (κ3) is 4.89. The van der Waals surface area contributed by atoms with Crippen LogP contribution >= 0.6 is 0 Å². The second-order valence-electron chi connectivity index (χ2n) is 7.99. The van der Waals surface area contributed by atoms with Gasteiger partial charge < -0.3 is 9.52 Å². The number of benzene rings is 3. The lowest BCUT2D eigenvalue weighted by molar-refractivity contribution is -0.393. The molecule has 36 heavy (non-hydrogen) atoms. The van der Waals surface area contributed by atoms with E-state index in [1.54, 1.807) is 55.5 Å². The average molecular weight is 488 g/mol. The van der Waals surface area contributed by atoms with Crippen LogP contribution in [0.3, 0.4) is 0 Å². The average Bonchev–Trinajstić information content (AvgIpc) is 2.87. The Hall–Kier alpha value is -5.06. The summed E-state index contributed by atoms with van der Waals surface area (Å²) >= 11 is 0. The van der Waals surface area contributed by atoms with E-state index in [2.05, 4.69) is 10.5 Å². The maximum atomic E-state index is 12.9.